The smallest absolute Gasteiger partial charge is 0.261 e. The van der Waals surface area contributed by atoms with Crippen LogP contribution in [0.5, 0.6) is 0 Å². The molecule has 170 valence electrons. The summed E-state index contributed by atoms with van der Waals surface area (Å²) >= 11 is 1.80. The standard InChI is InChI=1S/C22H31FN4O2S2/c1-31(29)11-10-27-8-6-17(7-9-27)30-14-20-25-19-13-16(24-15-4-2-3-5-15)12-18(23)21(19)22(28)26-20/h12-13,15,17,24H,2-11,14H2,1H3,(H,25,26,28). The molecule has 2 heterocycles. The second kappa shape index (κ2) is 10.4. The number of nitrogens with zero attached hydrogens (tertiary/aromatic N) is 2. The van der Waals surface area contributed by atoms with Crippen molar-refractivity contribution in [2.24, 2.45) is 0 Å². The first-order valence-corrected chi connectivity index (χ1v) is 13.9. The molecule has 1 aliphatic carbocycles. The van der Waals surface area contributed by atoms with Gasteiger partial charge >= 0.3 is 0 Å². The average Bonchev–Trinajstić information content (AvgIpc) is 3.24. The molecule has 0 spiro atoms. The lowest BCUT2D eigenvalue weighted by Gasteiger charge is -2.31. The zero-order valence-corrected chi connectivity index (χ0v) is 19.6. The van der Waals surface area contributed by atoms with E-state index in [1.165, 1.54) is 18.9 Å². The van der Waals surface area contributed by atoms with E-state index in [1.54, 1.807) is 24.1 Å². The molecule has 6 nitrogen and oxygen atoms in total. The highest BCUT2D eigenvalue weighted by molar-refractivity contribution is 7.99. The highest BCUT2D eigenvalue weighted by Gasteiger charge is 2.21. The van der Waals surface area contributed by atoms with Crippen LogP contribution in [0.4, 0.5) is 10.1 Å². The monoisotopic (exact) mass is 466 g/mol. The number of piperidine rings is 1. The van der Waals surface area contributed by atoms with E-state index in [2.05, 4.69) is 20.2 Å². The molecule has 1 aromatic heterocycles. The number of aromatic amines is 1. The number of hydrogen-bond donors (Lipinski definition) is 2. The van der Waals surface area contributed by atoms with Crippen molar-refractivity contribution in [3.63, 3.8) is 0 Å². The molecule has 0 bridgehead atoms. The zero-order chi connectivity index (χ0) is 21.8. The maximum atomic E-state index is 14.6. The van der Waals surface area contributed by atoms with E-state index >= 15 is 0 Å². The zero-order valence-electron chi connectivity index (χ0n) is 18.0. The maximum Gasteiger partial charge on any atom is 0.261 e. The highest BCUT2D eigenvalue weighted by Crippen LogP contribution is 2.27. The number of hydrogen-bond acceptors (Lipinski definition) is 6. The van der Waals surface area contributed by atoms with E-state index in [0.717, 1.165) is 51.1 Å². The van der Waals surface area contributed by atoms with Gasteiger partial charge in [-0.25, -0.2) is 9.37 Å². The van der Waals surface area contributed by atoms with Crippen LogP contribution in [-0.4, -0.2) is 62.0 Å². The Balaban J connectivity index is 1.39. The van der Waals surface area contributed by atoms with Crippen molar-refractivity contribution in [2.75, 3.05) is 37.0 Å². The minimum atomic E-state index is -0.744. The van der Waals surface area contributed by atoms with E-state index in [1.807, 2.05) is 0 Å². The Kier molecular flexibility index (Phi) is 7.66. The van der Waals surface area contributed by atoms with Crippen LogP contribution in [0.1, 0.15) is 44.3 Å². The first-order chi connectivity index (χ1) is 15.0. The van der Waals surface area contributed by atoms with Gasteiger partial charge in [0, 0.05) is 46.3 Å². The van der Waals surface area contributed by atoms with Gasteiger partial charge < -0.3 is 15.2 Å². The lowest BCUT2D eigenvalue weighted by molar-refractivity contribution is 0.246. The average molecular weight is 467 g/mol. The molecule has 1 atom stereocenters. The summed E-state index contributed by atoms with van der Waals surface area (Å²) in [5.74, 6) is 1.42. The van der Waals surface area contributed by atoms with Gasteiger partial charge in [0.2, 0.25) is 0 Å². The van der Waals surface area contributed by atoms with Gasteiger partial charge in [0.1, 0.15) is 17.0 Å². The molecule has 2 N–H and O–H groups in total. The molecular formula is C22H31FN4O2S2. The Hall–Kier alpha value is -1.45. The largest absolute Gasteiger partial charge is 0.382 e. The normalized spacial score (nSPS) is 19.8. The fourth-order valence-corrected chi connectivity index (χ4v) is 6.07. The number of rotatable bonds is 8. The number of likely N-dealkylation sites (tertiary alicyclic amines) is 1. The van der Waals surface area contributed by atoms with E-state index in [9.17, 15) is 13.4 Å². The van der Waals surface area contributed by atoms with Crippen LogP contribution in [0.2, 0.25) is 0 Å². The number of fused-ring (bicyclic) bond motifs is 1. The van der Waals surface area contributed by atoms with E-state index in [4.69, 9.17) is 0 Å². The van der Waals surface area contributed by atoms with E-state index < -0.39 is 22.2 Å². The number of aromatic nitrogens is 2. The summed E-state index contributed by atoms with van der Waals surface area (Å²) in [6.45, 7) is 2.92. The number of anilines is 1. The Morgan fingerprint density at radius 1 is 1.26 bits per heavy atom. The maximum absolute atomic E-state index is 14.6. The van der Waals surface area contributed by atoms with Gasteiger partial charge in [-0.05, 0) is 50.9 Å². The predicted molar refractivity (Wildman–Crippen MR) is 128 cm³/mol. The molecule has 1 aliphatic heterocycles. The van der Waals surface area contributed by atoms with Crippen LogP contribution in [0.25, 0.3) is 10.9 Å². The van der Waals surface area contributed by atoms with Crippen molar-refractivity contribution < 1.29 is 8.60 Å². The first kappa shape index (κ1) is 22.7. The molecule has 1 aromatic carbocycles. The third-order valence-corrected chi connectivity index (χ3v) is 8.36. The lowest BCUT2D eigenvalue weighted by Crippen LogP contribution is -2.37. The fraction of sp³-hybridized carbons (Fsp3) is 0.636. The minimum absolute atomic E-state index is 0.0346. The van der Waals surface area contributed by atoms with Gasteiger partial charge in [-0.3, -0.25) is 9.00 Å². The summed E-state index contributed by atoms with van der Waals surface area (Å²) in [6.07, 6.45) is 8.48. The van der Waals surface area contributed by atoms with Crippen molar-refractivity contribution >= 4 is 39.2 Å². The SMILES string of the molecule is CS(=O)CCN1CCC(SCc2nc3cc(NC4CCCC4)cc(F)c3c(=O)[nH]2)CC1. The molecule has 9 heteroatoms. The number of thioether (sulfide) groups is 1. The Morgan fingerprint density at radius 2 is 2.00 bits per heavy atom. The number of nitrogens with one attached hydrogen (secondary N) is 2. The topological polar surface area (TPSA) is 78.1 Å². The minimum Gasteiger partial charge on any atom is -0.382 e. The summed E-state index contributed by atoms with van der Waals surface area (Å²) in [5, 5.41) is 3.94. The van der Waals surface area contributed by atoms with Gasteiger partial charge in [-0.2, -0.15) is 11.8 Å². The van der Waals surface area contributed by atoms with Gasteiger partial charge in [0.05, 0.1) is 11.3 Å². The summed E-state index contributed by atoms with van der Waals surface area (Å²) < 4.78 is 25.9. The lowest BCUT2D eigenvalue weighted by atomic mass is 10.1. The van der Waals surface area contributed by atoms with E-state index in [0.29, 0.717) is 34.1 Å². The van der Waals surface area contributed by atoms with Crippen LogP contribution in [0.3, 0.4) is 0 Å². The summed E-state index contributed by atoms with van der Waals surface area (Å²) in [7, 11) is -0.744. The molecule has 2 aromatic rings. The second-order valence-corrected chi connectivity index (χ2v) is 11.5. The van der Waals surface area contributed by atoms with Crippen molar-refractivity contribution in [1.29, 1.82) is 0 Å². The van der Waals surface area contributed by atoms with Crippen LogP contribution >= 0.6 is 11.8 Å². The Bertz CT molecular complexity index is 985. The van der Waals surface area contributed by atoms with Crippen molar-refractivity contribution in [2.45, 2.75) is 55.6 Å². The molecular weight excluding hydrogens is 435 g/mol. The van der Waals surface area contributed by atoms with Crippen molar-refractivity contribution in [3.05, 3.63) is 34.1 Å². The van der Waals surface area contributed by atoms with Crippen LogP contribution < -0.4 is 10.9 Å². The molecule has 2 aliphatic rings. The molecule has 31 heavy (non-hydrogen) atoms. The molecule has 1 unspecified atom stereocenters. The van der Waals surface area contributed by atoms with Gasteiger partial charge in [0.25, 0.3) is 5.56 Å². The Labute approximate surface area is 189 Å². The van der Waals surface area contributed by atoms with E-state index in [-0.39, 0.29) is 5.39 Å². The van der Waals surface area contributed by atoms with Gasteiger partial charge in [-0.15, -0.1) is 0 Å². The van der Waals surface area contributed by atoms with Crippen LogP contribution in [-0.2, 0) is 16.6 Å². The van der Waals surface area contributed by atoms with Crippen LogP contribution in [0, 0.1) is 5.82 Å². The number of halogens is 1. The molecule has 0 radical (unpaired) electrons. The highest BCUT2D eigenvalue weighted by atomic mass is 32.2. The van der Waals surface area contributed by atoms with Crippen molar-refractivity contribution in [3.8, 4) is 0 Å². The second-order valence-electron chi connectivity index (χ2n) is 8.62. The third kappa shape index (κ3) is 6.08. The summed E-state index contributed by atoms with van der Waals surface area (Å²) in [6, 6.07) is 3.58. The Morgan fingerprint density at radius 3 is 2.71 bits per heavy atom. The van der Waals surface area contributed by atoms with Gasteiger partial charge in [-0.1, -0.05) is 12.8 Å². The van der Waals surface area contributed by atoms with Crippen molar-refractivity contribution in [1.82, 2.24) is 14.9 Å². The van der Waals surface area contributed by atoms with Crippen LogP contribution in [0.15, 0.2) is 16.9 Å². The summed E-state index contributed by atoms with van der Waals surface area (Å²) in [4.78, 5) is 22.2. The number of benzene rings is 1. The first-order valence-electron chi connectivity index (χ1n) is 11.1. The summed E-state index contributed by atoms with van der Waals surface area (Å²) in [5.41, 5.74) is 0.712. The molecule has 1 saturated heterocycles. The molecule has 4 rings (SSSR count). The predicted octanol–water partition coefficient (Wildman–Crippen LogP) is 3.49. The quantitative estimate of drug-likeness (QED) is 0.620. The molecule has 0 amide bonds. The van der Waals surface area contributed by atoms with Gasteiger partial charge in [0.15, 0.2) is 0 Å². The number of H-pyrrole nitrogens is 1. The molecule has 1 saturated carbocycles. The molecule has 2 fully saturated rings. The fourth-order valence-electron chi connectivity index (χ4n) is 4.48. The third-order valence-electron chi connectivity index (χ3n) is 6.22.